The summed E-state index contributed by atoms with van der Waals surface area (Å²) in [6.07, 6.45) is 1.58. The number of aromatic nitrogens is 4. The van der Waals surface area contributed by atoms with Crippen LogP contribution in [-0.4, -0.2) is 20.2 Å². The number of tetrazole rings is 1. The zero-order valence-electron chi connectivity index (χ0n) is 12.1. The van der Waals surface area contributed by atoms with Crippen LogP contribution in [-0.2, 0) is 0 Å². The standard InChI is InChI=1S/C16H17N5/c1-12-3-5-14(6-4-12)13(2)18-15-7-9-16(10-8-15)21-11-17-19-20-21/h3-11,13,18H,1-2H3. The summed E-state index contributed by atoms with van der Waals surface area (Å²) in [6, 6.07) is 16.9. The van der Waals surface area contributed by atoms with Crippen molar-refractivity contribution >= 4 is 5.69 Å². The van der Waals surface area contributed by atoms with E-state index < -0.39 is 0 Å². The lowest BCUT2D eigenvalue weighted by atomic mass is 10.1. The number of hydrogen-bond donors (Lipinski definition) is 1. The highest BCUT2D eigenvalue weighted by atomic mass is 15.5. The molecule has 1 aromatic heterocycles. The van der Waals surface area contributed by atoms with Crippen LogP contribution in [0.25, 0.3) is 5.69 Å². The number of benzene rings is 2. The quantitative estimate of drug-likeness (QED) is 0.797. The molecular weight excluding hydrogens is 262 g/mol. The van der Waals surface area contributed by atoms with E-state index in [4.69, 9.17) is 0 Å². The Bertz CT molecular complexity index is 687. The van der Waals surface area contributed by atoms with Gasteiger partial charge in [0.25, 0.3) is 0 Å². The van der Waals surface area contributed by atoms with Gasteiger partial charge in [-0.1, -0.05) is 29.8 Å². The third-order valence-corrected chi connectivity index (χ3v) is 3.44. The molecular formula is C16H17N5. The normalized spacial score (nSPS) is 12.1. The van der Waals surface area contributed by atoms with E-state index in [0.717, 1.165) is 11.4 Å². The van der Waals surface area contributed by atoms with Crippen molar-refractivity contribution in [3.8, 4) is 5.69 Å². The fourth-order valence-electron chi connectivity index (χ4n) is 2.18. The van der Waals surface area contributed by atoms with Crippen LogP contribution in [0.1, 0.15) is 24.1 Å². The average molecular weight is 279 g/mol. The van der Waals surface area contributed by atoms with Gasteiger partial charge in [-0.05, 0) is 54.1 Å². The molecule has 0 aliphatic rings. The van der Waals surface area contributed by atoms with Gasteiger partial charge in [0.15, 0.2) is 0 Å². The Morgan fingerprint density at radius 1 is 1.00 bits per heavy atom. The van der Waals surface area contributed by atoms with Gasteiger partial charge >= 0.3 is 0 Å². The highest BCUT2D eigenvalue weighted by Gasteiger charge is 2.05. The molecule has 106 valence electrons. The Hall–Kier alpha value is -2.69. The van der Waals surface area contributed by atoms with E-state index in [1.54, 1.807) is 11.0 Å². The van der Waals surface area contributed by atoms with Gasteiger partial charge in [-0.3, -0.25) is 0 Å². The minimum Gasteiger partial charge on any atom is -0.379 e. The van der Waals surface area contributed by atoms with Crippen LogP contribution in [0.2, 0.25) is 0 Å². The molecule has 0 saturated heterocycles. The molecule has 0 aliphatic carbocycles. The molecule has 0 saturated carbocycles. The molecule has 3 rings (SSSR count). The van der Waals surface area contributed by atoms with Crippen LogP contribution in [0.4, 0.5) is 5.69 Å². The summed E-state index contributed by atoms with van der Waals surface area (Å²) < 4.78 is 1.63. The second-order valence-electron chi connectivity index (χ2n) is 5.08. The first-order valence-corrected chi connectivity index (χ1v) is 6.89. The zero-order valence-corrected chi connectivity index (χ0v) is 12.1. The molecule has 1 atom stereocenters. The molecule has 0 aliphatic heterocycles. The van der Waals surface area contributed by atoms with Gasteiger partial charge in [0.2, 0.25) is 0 Å². The summed E-state index contributed by atoms with van der Waals surface area (Å²) in [6.45, 7) is 4.25. The largest absolute Gasteiger partial charge is 0.379 e. The van der Waals surface area contributed by atoms with Gasteiger partial charge in [0.1, 0.15) is 6.33 Å². The molecule has 0 spiro atoms. The smallest absolute Gasteiger partial charge is 0.143 e. The van der Waals surface area contributed by atoms with Crippen molar-refractivity contribution < 1.29 is 0 Å². The molecule has 0 fully saturated rings. The molecule has 5 nitrogen and oxygen atoms in total. The maximum Gasteiger partial charge on any atom is 0.143 e. The van der Waals surface area contributed by atoms with E-state index in [1.807, 2.05) is 24.3 Å². The molecule has 1 unspecified atom stereocenters. The maximum atomic E-state index is 3.87. The zero-order chi connectivity index (χ0) is 14.7. The second-order valence-corrected chi connectivity index (χ2v) is 5.08. The van der Waals surface area contributed by atoms with E-state index in [0.29, 0.717) is 0 Å². The maximum absolute atomic E-state index is 3.87. The first-order chi connectivity index (χ1) is 10.2. The van der Waals surface area contributed by atoms with Crippen LogP contribution < -0.4 is 5.32 Å². The topological polar surface area (TPSA) is 55.6 Å². The van der Waals surface area contributed by atoms with Crippen LogP contribution in [0.5, 0.6) is 0 Å². The molecule has 0 radical (unpaired) electrons. The number of aryl methyl sites for hydroxylation is 1. The van der Waals surface area contributed by atoms with E-state index in [2.05, 4.69) is 59.0 Å². The number of nitrogens with one attached hydrogen (secondary N) is 1. The first-order valence-electron chi connectivity index (χ1n) is 6.89. The van der Waals surface area contributed by atoms with Crippen LogP contribution in [0, 0.1) is 6.92 Å². The van der Waals surface area contributed by atoms with E-state index in [9.17, 15) is 0 Å². The summed E-state index contributed by atoms with van der Waals surface area (Å²) in [5.74, 6) is 0. The van der Waals surface area contributed by atoms with Crippen molar-refractivity contribution in [2.24, 2.45) is 0 Å². The second kappa shape index (κ2) is 5.75. The molecule has 3 aromatic rings. The summed E-state index contributed by atoms with van der Waals surface area (Å²) in [4.78, 5) is 0. The highest BCUT2D eigenvalue weighted by Crippen LogP contribution is 2.20. The molecule has 21 heavy (non-hydrogen) atoms. The van der Waals surface area contributed by atoms with Gasteiger partial charge in [-0.15, -0.1) is 5.10 Å². The fourth-order valence-corrected chi connectivity index (χ4v) is 2.18. The molecule has 0 bridgehead atoms. The van der Waals surface area contributed by atoms with Gasteiger partial charge in [-0.25, -0.2) is 4.68 Å². The predicted molar refractivity (Wildman–Crippen MR) is 82.4 cm³/mol. The Morgan fingerprint density at radius 2 is 1.71 bits per heavy atom. The molecule has 2 aromatic carbocycles. The average Bonchev–Trinajstić information content (AvgIpc) is 3.03. The van der Waals surface area contributed by atoms with Crippen molar-refractivity contribution in [1.29, 1.82) is 0 Å². The lowest BCUT2D eigenvalue weighted by molar-refractivity contribution is 0.789. The van der Waals surface area contributed by atoms with E-state index >= 15 is 0 Å². The van der Waals surface area contributed by atoms with Gasteiger partial charge < -0.3 is 5.32 Å². The van der Waals surface area contributed by atoms with Crippen molar-refractivity contribution in [3.63, 3.8) is 0 Å². The monoisotopic (exact) mass is 279 g/mol. The number of nitrogens with zero attached hydrogens (tertiary/aromatic N) is 4. The Morgan fingerprint density at radius 3 is 2.33 bits per heavy atom. The minimum atomic E-state index is 0.254. The highest BCUT2D eigenvalue weighted by molar-refractivity contribution is 5.49. The van der Waals surface area contributed by atoms with Crippen molar-refractivity contribution in [3.05, 3.63) is 66.0 Å². The molecule has 0 amide bonds. The van der Waals surface area contributed by atoms with Gasteiger partial charge in [0, 0.05) is 11.7 Å². The number of anilines is 1. The summed E-state index contributed by atoms with van der Waals surface area (Å²) in [7, 11) is 0. The van der Waals surface area contributed by atoms with Crippen LogP contribution >= 0.6 is 0 Å². The van der Waals surface area contributed by atoms with Crippen molar-refractivity contribution in [2.75, 3.05) is 5.32 Å². The minimum absolute atomic E-state index is 0.254. The Balaban J connectivity index is 1.71. The summed E-state index contributed by atoms with van der Waals surface area (Å²) in [5, 5.41) is 14.6. The third-order valence-electron chi connectivity index (χ3n) is 3.44. The molecule has 5 heteroatoms. The van der Waals surface area contributed by atoms with Gasteiger partial charge in [-0.2, -0.15) is 0 Å². The first kappa shape index (κ1) is 13.3. The molecule has 1 N–H and O–H groups in total. The lowest BCUT2D eigenvalue weighted by Crippen LogP contribution is -2.06. The Labute approximate surface area is 123 Å². The van der Waals surface area contributed by atoms with Crippen molar-refractivity contribution in [1.82, 2.24) is 20.2 Å². The number of rotatable bonds is 4. The van der Waals surface area contributed by atoms with E-state index in [-0.39, 0.29) is 6.04 Å². The van der Waals surface area contributed by atoms with Gasteiger partial charge in [0.05, 0.1) is 5.69 Å². The molecule has 1 heterocycles. The Kier molecular flexibility index (Phi) is 3.64. The predicted octanol–water partition coefficient (Wildman–Crippen LogP) is 3.14. The summed E-state index contributed by atoms with van der Waals surface area (Å²) in [5.41, 5.74) is 4.55. The fraction of sp³-hybridized carbons (Fsp3) is 0.188. The lowest BCUT2D eigenvalue weighted by Gasteiger charge is -2.16. The summed E-state index contributed by atoms with van der Waals surface area (Å²) >= 11 is 0. The van der Waals surface area contributed by atoms with Crippen LogP contribution in [0.3, 0.4) is 0 Å². The SMILES string of the molecule is Cc1ccc(C(C)Nc2ccc(-n3cnnn3)cc2)cc1. The van der Waals surface area contributed by atoms with Crippen LogP contribution in [0.15, 0.2) is 54.9 Å². The number of hydrogen-bond acceptors (Lipinski definition) is 4. The third kappa shape index (κ3) is 3.08. The van der Waals surface area contributed by atoms with Crippen molar-refractivity contribution in [2.45, 2.75) is 19.9 Å². The van der Waals surface area contributed by atoms with E-state index in [1.165, 1.54) is 11.1 Å².